The van der Waals surface area contributed by atoms with Gasteiger partial charge in [-0.3, -0.25) is 0 Å². The van der Waals surface area contributed by atoms with Gasteiger partial charge < -0.3 is 15.0 Å². The third-order valence-electron chi connectivity index (χ3n) is 5.23. The molecule has 1 saturated heterocycles. The summed E-state index contributed by atoms with van der Waals surface area (Å²) < 4.78 is 5.45. The second-order valence-electron chi connectivity index (χ2n) is 7.23. The monoisotopic (exact) mass is 413 g/mol. The molecule has 1 N–H and O–H groups in total. The van der Waals surface area contributed by atoms with Crippen LogP contribution in [0.5, 0.6) is 0 Å². The molecular weight excluding hydrogens is 386 g/mol. The number of aryl methyl sites for hydroxylation is 2. The lowest BCUT2D eigenvalue weighted by Gasteiger charge is -2.29. The van der Waals surface area contributed by atoms with Crippen molar-refractivity contribution in [3.8, 4) is 0 Å². The van der Waals surface area contributed by atoms with Gasteiger partial charge in [-0.1, -0.05) is 12.1 Å². The predicted octanol–water partition coefficient (Wildman–Crippen LogP) is 4.73. The molecule has 0 saturated carbocycles. The molecule has 6 heteroatoms. The number of nitrogens with one attached hydrogen (secondary N) is 1. The molecule has 1 unspecified atom stereocenters. The second kappa shape index (κ2) is 9.18. The van der Waals surface area contributed by atoms with Crippen LogP contribution in [-0.2, 0) is 17.7 Å². The molecule has 0 amide bonds. The molecule has 1 aliphatic rings. The van der Waals surface area contributed by atoms with Crippen molar-refractivity contribution in [3.63, 3.8) is 0 Å². The highest BCUT2D eigenvalue weighted by atomic mass is 32.1. The van der Waals surface area contributed by atoms with Gasteiger partial charge in [-0.05, 0) is 60.4 Å². The van der Waals surface area contributed by atoms with Crippen LogP contribution in [0.2, 0.25) is 0 Å². The van der Waals surface area contributed by atoms with Gasteiger partial charge in [0.1, 0.15) is 5.01 Å². The summed E-state index contributed by atoms with van der Waals surface area (Å²) in [7, 11) is 0. The topological polar surface area (TPSA) is 37.4 Å². The minimum Gasteiger partial charge on any atom is -0.378 e. The zero-order chi connectivity index (χ0) is 19.3. The number of benzene rings is 1. The molecule has 4 nitrogen and oxygen atoms in total. The van der Waals surface area contributed by atoms with Crippen LogP contribution in [0.15, 0.2) is 41.1 Å². The van der Waals surface area contributed by atoms with Crippen molar-refractivity contribution in [3.05, 3.63) is 67.8 Å². The summed E-state index contributed by atoms with van der Waals surface area (Å²) in [6.07, 6.45) is 0.974. The van der Waals surface area contributed by atoms with Crippen LogP contribution in [0, 0.1) is 13.8 Å². The van der Waals surface area contributed by atoms with Crippen molar-refractivity contribution in [1.82, 2.24) is 10.3 Å². The second-order valence-corrected chi connectivity index (χ2v) is 9.24. The van der Waals surface area contributed by atoms with Crippen LogP contribution in [0.1, 0.15) is 32.7 Å². The molecule has 0 spiro atoms. The Balaban J connectivity index is 1.43. The molecule has 148 valence electrons. The zero-order valence-electron chi connectivity index (χ0n) is 16.5. The van der Waals surface area contributed by atoms with Gasteiger partial charge >= 0.3 is 0 Å². The lowest BCUT2D eigenvalue weighted by Crippen LogP contribution is -2.36. The van der Waals surface area contributed by atoms with Gasteiger partial charge in [-0.15, -0.1) is 11.3 Å². The number of thiophene rings is 1. The molecule has 3 aromatic rings. The standard InChI is InChI=1S/C22H27N3OS2/c1-16-17(2)28-22(24-16)21(13-19-7-12-27-15-19)23-14-18-3-5-20(6-4-18)25-8-10-26-11-9-25/h3-7,12,15,21,23H,8-11,13-14H2,1-2H3. The summed E-state index contributed by atoms with van der Waals surface area (Å²) in [5.74, 6) is 0. The van der Waals surface area contributed by atoms with Gasteiger partial charge in [0.15, 0.2) is 0 Å². The molecular formula is C22H27N3OS2. The molecule has 28 heavy (non-hydrogen) atoms. The molecule has 1 aromatic carbocycles. The summed E-state index contributed by atoms with van der Waals surface area (Å²) in [6.45, 7) is 8.69. The summed E-state index contributed by atoms with van der Waals surface area (Å²) in [4.78, 5) is 8.52. The van der Waals surface area contributed by atoms with Crippen LogP contribution < -0.4 is 10.2 Å². The molecule has 1 atom stereocenters. The average Bonchev–Trinajstić information content (AvgIpc) is 3.36. The summed E-state index contributed by atoms with van der Waals surface area (Å²) in [6, 6.07) is 11.4. The Labute approximate surface area is 175 Å². The van der Waals surface area contributed by atoms with Gasteiger partial charge in [0, 0.05) is 30.2 Å². The summed E-state index contributed by atoms with van der Waals surface area (Å²) in [5.41, 5.74) is 5.10. The van der Waals surface area contributed by atoms with E-state index in [0.717, 1.165) is 45.0 Å². The predicted molar refractivity (Wildman–Crippen MR) is 119 cm³/mol. The summed E-state index contributed by atoms with van der Waals surface area (Å²) in [5, 5.41) is 9.32. The zero-order valence-corrected chi connectivity index (χ0v) is 18.1. The van der Waals surface area contributed by atoms with E-state index in [2.05, 4.69) is 65.2 Å². The number of nitrogens with zero attached hydrogens (tertiary/aromatic N) is 2. The maximum absolute atomic E-state index is 5.45. The van der Waals surface area contributed by atoms with E-state index in [1.165, 1.54) is 26.7 Å². The average molecular weight is 414 g/mol. The normalized spacial score (nSPS) is 15.7. The SMILES string of the molecule is Cc1nc(C(Cc2ccsc2)NCc2ccc(N3CCOCC3)cc2)sc1C. The molecule has 0 aliphatic carbocycles. The maximum atomic E-state index is 5.45. The van der Waals surface area contributed by atoms with E-state index in [1.807, 2.05) is 11.3 Å². The number of anilines is 1. The number of thiazole rings is 1. The third-order valence-corrected chi connectivity index (χ3v) is 7.15. The van der Waals surface area contributed by atoms with Gasteiger partial charge in [-0.2, -0.15) is 11.3 Å². The molecule has 3 heterocycles. The van der Waals surface area contributed by atoms with E-state index in [0.29, 0.717) is 0 Å². The number of aromatic nitrogens is 1. The Morgan fingerprint density at radius 1 is 1.11 bits per heavy atom. The molecule has 1 aliphatic heterocycles. The van der Waals surface area contributed by atoms with Gasteiger partial charge in [0.05, 0.1) is 24.9 Å². The van der Waals surface area contributed by atoms with E-state index in [-0.39, 0.29) is 6.04 Å². The van der Waals surface area contributed by atoms with Crippen LogP contribution >= 0.6 is 22.7 Å². The van der Waals surface area contributed by atoms with Crippen molar-refractivity contribution in [2.75, 3.05) is 31.2 Å². The van der Waals surface area contributed by atoms with Gasteiger partial charge in [-0.25, -0.2) is 4.98 Å². The van der Waals surface area contributed by atoms with Crippen LogP contribution in [0.4, 0.5) is 5.69 Å². The molecule has 4 rings (SSSR count). The third kappa shape index (κ3) is 4.81. The van der Waals surface area contributed by atoms with Crippen LogP contribution in [0.3, 0.4) is 0 Å². The quantitative estimate of drug-likeness (QED) is 0.607. The Morgan fingerprint density at radius 3 is 2.54 bits per heavy atom. The van der Waals surface area contributed by atoms with E-state index < -0.39 is 0 Å². The number of rotatable bonds is 7. The number of hydrogen-bond donors (Lipinski definition) is 1. The lowest BCUT2D eigenvalue weighted by molar-refractivity contribution is 0.122. The fourth-order valence-electron chi connectivity index (χ4n) is 3.43. The Hall–Kier alpha value is -1.73. The smallest absolute Gasteiger partial charge is 0.110 e. The van der Waals surface area contributed by atoms with Gasteiger partial charge in [0.25, 0.3) is 0 Å². The van der Waals surface area contributed by atoms with E-state index >= 15 is 0 Å². The fourth-order valence-corrected chi connectivity index (χ4v) is 5.11. The fraction of sp³-hybridized carbons (Fsp3) is 0.409. The Morgan fingerprint density at radius 2 is 1.89 bits per heavy atom. The highest BCUT2D eigenvalue weighted by molar-refractivity contribution is 7.11. The van der Waals surface area contributed by atoms with Crippen LogP contribution in [-0.4, -0.2) is 31.3 Å². The number of morpholine rings is 1. The van der Waals surface area contributed by atoms with Crippen molar-refractivity contribution >= 4 is 28.4 Å². The summed E-state index contributed by atoms with van der Waals surface area (Å²) >= 11 is 3.57. The van der Waals surface area contributed by atoms with Crippen LogP contribution in [0.25, 0.3) is 0 Å². The van der Waals surface area contributed by atoms with Crippen molar-refractivity contribution in [2.24, 2.45) is 0 Å². The first kappa shape index (κ1) is 19.6. The van der Waals surface area contributed by atoms with E-state index in [9.17, 15) is 0 Å². The molecule has 1 fully saturated rings. The molecule has 0 bridgehead atoms. The number of hydrogen-bond acceptors (Lipinski definition) is 6. The van der Waals surface area contributed by atoms with Crippen molar-refractivity contribution < 1.29 is 4.74 Å². The molecule has 0 radical (unpaired) electrons. The van der Waals surface area contributed by atoms with Gasteiger partial charge in [0.2, 0.25) is 0 Å². The Bertz CT molecular complexity index is 848. The van der Waals surface area contributed by atoms with E-state index in [4.69, 9.17) is 9.72 Å². The minimum absolute atomic E-state index is 0.242. The van der Waals surface area contributed by atoms with E-state index in [1.54, 1.807) is 11.3 Å². The first-order valence-electron chi connectivity index (χ1n) is 9.79. The first-order valence-corrected chi connectivity index (χ1v) is 11.5. The van der Waals surface area contributed by atoms with Crippen molar-refractivity contribution in [2.45, 2.75) is 32.9 Å². The molecule has 2 aromatic heterocycles. The Kier molecular flexibility index (Phi) is 6.42. The minimum atomic E-state index is 0.242. The largest absolute Gasteiger partial charge is 0.378 e. The van der Waals surface area contributed by atoms with Crippen molar-refractivity contribution in [1.29, 1.82) is 0 Å². The maximum Gasteiger partial charge on any atom is 0.110 e. The highest BCUT2D eigenvalue weighted by Crippen LogP contribution is 2.27. The highest BCUT2D eigenvalue weighted by Gasteiger charge is 2.18. The first-order chi connectivity index (χ1) is 13.7. The number of ether oxygens (including phenoxy) is 1. The lowest BCUT2D eigenvalue weighted by atomic mass is 10.1.